The number of hydrogen-bond donors (Lipinski definition) is 3. The summed E-state index contributed by atoms with van der Waals surface area (Å²) in [7, 11) is 0. The molecule has 0 unspecified atom stereocenters. The number of rotatable bonds is 4. The molecule has 3 N–H and O–H groups in total. The van der Waals surface area contributed by atoms with Gasteiger partial charge in [-0.25, -0.2) is 9.59 Å². The van der Waals surface area contributed by atoms with Crippen LogP contribution in [0.2, 0.25) is 5.02 Å². The van der Waals surface area contributed by atoms with Crippen LogP contribution in [0, 0.1) is 0 Å². The third-order valence-electron chi connectivity index (χ3n) is 2.76. The van der Waals surface area contributed by atoms with Crippen molar-refractivity contribution in [1.82, 2.24) is 5.32 Å². The molecule has 0 aliphatic carbocycles. The van der Waals surface area contributed by atoms with Crippen molar-refractivity contribution in [2.75, 3.05) is 5.32 Å². The van der Waals surface area contributed by atoms with E-state index in [2.05, 4.69) is 10.6 Å². The number of halogens is 1. The third-order valence-corrected chi connectivity index (χ3v) is 3.01. The van der Waals surface area contributed by atoms with Crippen molar-refractivity contribution in [3.05, 3.63) is 64.7 Å². The number of carboxylic acids is 1. The third kappa shape index (κ3) is 4.50. The van der Waals surface area contributed by atoms with Crippen LogP contribution in [-0.4, -0.2) is 17.1 Å². The van der Waals surface area contributed by atoms with Crippen molar-refractivity contribution < 1.29 is 14.7 Å². The number of urea groups is 1. The van der Waals surface area contributed by atoms with Crippen LogP contribution < -0.4 is 10.6 Å². The highest BCUT2D eigenvalue weighted by molar-refractivity contribution is 6.30. The average Bonchev–Trinajstić information content (AvgIpc) is 2.48. The van der Waals surface area contributed by atoms with Crippen LogP contribution in [0.15, 0.2) is 48.5 Å². The van der Waals surface area contributed by atoms with E-state index >= 15 is 0 Å². The van der Waals surface area contributed by atoms with E-state index in [0.29, 0.717) is 17.3 Å². The largest absolute Gasteiger partial charge is 0.478 e. The molecule has 0 fully saturated rings. The van der Waals surface area contributed by atoms with Gasteiger partial charge in [0.25, 0.3) is 0 Å². The Morgan fingerprint density at radius 2 is 1.62 bits per heavy atom. The molecule has 2 rings (SSSR count). The average molecular weight is 305 g/mol. The summed E-state index contributed by atoms with van der Waals surface area (Å²) in [5.74, 6) is -0.977. The number of carbonyl (C=O) groups is 2. The van der Waals surface area contributed by atoms with Crippen LogP contribution in [0.3, 0.4) is 0 Å². The maximum atomic E-state index is 11.7. The molecule has 0 saturated heterocycles. The van der Waals surface area contributed by atoms with E-state index in [0.717, 1.165) is 5.56 Å². The fraction of sp³-hybridized carbons (Fsp3) is 0.0667. The topological polar surface area (TPSA) is 78.4 Å². The van der Waals surface area contributed by atoms with Crippen LogP contribution in [-0.2, 0) is 6.54 Å². The van der Waals surface area contributed by atoms with E-state index in [1.807, 2.05) is 0 Å². The van der Waals surface area contributed by atoms with E-state index in [-0.39, 0.29) is 11.6 Å². The highest BCUT2D eigenvalue weighted by atomic mass is 35.5. The highest BCUT2D eigenvalue weighted by Crippen LogP contribution is 2.13. The smallest absolute Gasteiger partial charge is 0.335 e. The zero-order valence-electron chi connectivity index (χ0n) is 11.0. The summed E-state index contributed by atoms with van der Waals surface area (Å²) in [4.78, 5) is 22.4. The number of carboxylic acid groups (broad SMARTS) is 1. The maximum Gasteiger partial charge on any atom is 0.335 e. The number of hydrogen-bond acceptors (Lipinski definition) is 2. The second kappa shape index (κ2) is 6.76. The zero-order chi connectivity index (χ0) is 15.2. The van der Waals surface area contributed by atoms with Gasteiger partial charge in [0, 0.05) is 17.3 Å². The van der Waals surface area contributed by atoms with E-state index in [1.165, 1.54) is 12.1 Å². The monoisotopic (exact) mass is 304 g/mol. The Morgan fingerprint density at radius 3 is 2.19 bits per heavy atom. The summed E-state index contributed by atoms with van der Waals surface area (Å²) < 4.78 is 0. The molecule has 0 aliphatic rings. The van der Waals surface area contributed by atoms with Crippen molar-refractivity contribution in [2.24, 2.45) is 0 Å². The van der Waals surface area contributed by atoms with Gasteiger partial charge in [0.2, 0.25) is 0 Å². The lowest BCUT2D eigenvalue weighted by Crippen LogP contribution is -2.28. The quantitative estimate of drug-likeness (QED) is 0.810. The molecule has 0 radical (unpaired) electrons. The molecule has 0 aliphatic heterocycles. The Labute approximate surface area is 126 Å². The predicted octanol–water partition coefficient (Wildman–Crippen LogP) is 3.36. The summed E-state index contributed by atoms with van der Waals surface area (Å²) in [5, 5.41) is 14.7. The summed E-state index contributed by atoms with van der Waals surface area (Å²) in [5.41, 5.74) is 1.66. The molecular weight excluding hydrogens is 292 g/mol. The van der Waals surface area contributed by atoms with Gasteiger partial charge in [-0.1, -0.05) is 23.7 Å². The van der Waals surface area contributed by atoms with Gasteiger partial charge >= 0.3 is 12.0 Å². The minimum absolute atomic E-state index is 0.212. The number of nitrogens with one attached hydrogen (secondary N) is 2. The minimum Gasteiger partial charge on any atom is -0.478 e. The molecule has 0 saturated carbocycles. The minimum atomic E-state index is -0.977. The Hall–Kier alpha value is -2.53. The summed E-state index contributed by atoms with van der Waals surface area (Å²) in [6.45, 7) is 0.305. The first-order valence-electron chi connectivity index (χ1n) is 6.17. The normalized spacial score (nSPS) is 9.95. The molecule has 0 bridgehead atoms. The molecule has 108 valence electrons. The summed E-state index contributed by atoms with van der Waals surface area (Å²) in [6, 6.07) is 12.7. The second-order valence-corrected chi connectivity index (χ2v) is 4.75. The first-order chi connectivity index (χ1) is 10.0. The van der Waals surface area contributed by atoms with Gasteiger partial charge < -0.3 is 15.7 Å². The molecule has 2 aromatic carbocycles. The Morgan fingerprint density at radius 1 is 1.00 bits per heavy atom. The Balaban J connectivity index is 1.86. The fourth-order valence-electron chi connectivity index (χ4n) is 1.66. The summed E-state index contributed by atoms with van der Waals surface area (Å²) >= 11 is 5.75. The number of aromatic carboxylic acids is 1. The molecule has 5 nitrogen and oxygen atoms in total. The highest BCUT2D eigenvalue weighted by Gasteiger charge is 2.04. The first-order valence-corrected chi connectivity index (χ1v) is 6.55. The molecule has 6 heteroatoms. The van der Waals surface area contributed by atoms with E-state index in [1.54, 1.807) is 36.4 Å². The molecule has 0 atom stereocenters. The second-order valence-electron chi connectivity index (χ2n) is 4.32. The molecule has 2 aromatic rings. The van der Waals surface area contributed by atoms with Crippen LogP contribution in [0.25, 0.3) is 0 Å². The van der Waals surface area contributed by atoms with Gasteiger partial charge in [0.1, 0.15) is 0 Å². The molecular formula is C15H13ClN2O3. The van der Waals surface area contributed by atoms with Crippen LogP contribution in [0.4, 0.5) is 10.5 Å². The van der Waals surface area contributed by atoms with Crippen LogP contribution >= 0.6 is 11.6 Å². The molecule has 0 aromatic heterocycles. The van der Waals surface area contributed by atoms with Gasteiger partial charge in [-0.2, -0.15) is 0 Å². The predicted molar refractivity (Wildman–Crippen MR) is 80.7 cm³/mol. The van der Waals surface area contributed by atoms with Gasteiger partial charge in [-0.05, 0) is 42.0 Å². The van der Waals surface area contributed by atoms with E-state index in [9.17, 15) is 9.59 Å². The fourth-order valence-corrected chi connectivity index (χ4v) is 1.78. The van der Waals surface area contributed by atoms with Crippen molar-refractivity contribution in [2.45, 2.75) is 6.54 Å². The lowest BCUT2D eigenvalue weighted by Gasteiger charge is -2.08. The molecule has 0 spiro atoms. The first kappa shape index (κ1) is 14.9. The van der Waals surface area contributed by atoms with Crippen molar-refractivity contribution >= 4 is 29.3 Å². The Bertz CT molecular complexity index is 639. The molecule has 21 heavy (non-hydrogen) atoms. The van der Waals surface area contributed by atoms with Crippen molar-refractivity contribution in [3.63, 3.8) is 0 Å². The number of amides is 2. The standard InChI is InChI=1S/C15H13ClN2O3/c16-12-5-7-13(8-6-12)18-15(21)17-9-10-1-3-11(4-2-10)14(19)20/h1-8H,9H2,(H,19,20)(H2,17,18,21). The number of carbonyl (C=O) groups excluding carboxylic acids is 1. The van der Waals surface area contributed by atoms with Crippen LogP contribution in [0.5, 0.6) is 0 Å². The lowest BCUT2D eigenvalue weighted by molar-refractivity contribution is 0.0697. The summed E-state index contributed by atoms with van der Waals surface area (Å²) in [6.07, 6.45) is 0. The van der Waals surface area contributed by atoms with Gasteiger partial charge in [0.05, 0.1) is 5.56 Å². The SMILES string of the molecule is O=C(NCc1ccc(C(=O)O)cc1)Nc1ccc(Cl)cc1. The van der Waals surface area contributed by atoms with Gasteiger partial charge in [0.15, 0.2) is 0 Å². The van der Waals surface area contributed by atoms with E-state index in [4.69, 9.17) is 16.7 Å². The van der Waals surface area contributed by atoms with Crippen molar-refractivity contribution in [3.8, 4) is 0 Å². The number of benzene rings is 2. The lowest BCUT2D eigenvalue weighted by atomic mass is 10.1. The van der Waals surface area contributed by atoms with E-state index < -0.39 is 5.97 Å². The maximum absolute atomic E-state index is 11.7. The number of anilines is 1. The van der Waals surface area contributed by atoms with Gasteiger partial charge in [-0.3, -0.25) is 0 Å². The molecule has 0 heterocycles. The van der Waals surface area contributed by atoms with Crippen LogP contribution in [0.1, 0.15) is 15.9 Å². The van der Waals surface area contributed by atoms with Crippen molar-refractivity contribution in [1.29, 1.82) is 0 Å². The molecule has 2 amide bonds. The van der Waals surface area contributed by atoms with Gasteiger partial charge in [-0.15, -0.1) is 0 Å². The Kier molecular flexibility index (Phi) is 4.79. The zero-order valence-corrected chi connectivity index (χ0v) is 11.7.